The van der Waals surface area contributed by atoms with E-state index in [1.165, 1.54) is 24.0 Å². The Kier molecular flexibility index (Phi) is 6.38. The number of carbonyl (C=O) groups excluding carboxylic acids is 1. The number of nitrogens with zero attached hydrogens (tertiary/aromatic N) is 3. The van der Waals surface area contributed by atoms with Crippen molar-refractivity contribution in [1.82, 2.24) is 14.9 Å². The number of carbonyl (C=O) groups is 1. The fourth-order valence-corrected chi connectivity index (χ4v) is 4.93. The molecule has 1 fully saturated rings. The fraction of sp³-hybridized carbons (Fsp3) is 0.607. The first-order valence-corrected chi connectivity index (χ1v) is 12.5. The number of aromatic nitrogens is 2. The summed E-state index contributed by atoms with van der Waals surface area (Å²) >= 11 is 0. The summed E-state index contributed by atoms with van der Waals surface area (Å²) in [6, 6.07) is 8.49. The average molecular weight is 466 g/mol. The van der Waals surface area contributed by atoms with Crippen molar-refractivity contribution in [2.24, 2.45) is 0 Å². The Morgan fingerprint density at radius 1 is 1.00 bits per heavy atom. The second kappa shape index (κ2) is 8.86. The lowest BCUT2D eigenvalue weighted by molar-refractivity contribution is 0.0123. The highest BCUT2D eigenvalue weighted by atomic mass is 16.6. The van der Waals surface area contributed by atoms with E-state index in [-0.39, 0.29) is 23.0 Å². The van der Waals surface area contributed by atoms with Crippen LogP contribution in [0, 0.1) is 0 Å². The predicted octanol–water partition coefficient (Wildman–Crippen LogP) is 6.27. The minimum atomic E-state index is -0.483. The molecule has 0 saturated carbocycles. The minimum Gasteiger partial charge on any atom is -0.474 e. The van der Waals surface area contributed by atoms with Gasteiger partial charge in [-0.15, -0.1) is 0 Å². The second-order valence-corrected chi connectivity index (χ2v) is 12.0. The molecule has 6 nitrogen and oxygen atoms in total. The highest BCUT2D eigenvalue weighted by molar-refractivity contribution is 5.68. The van der Waals surface area contributed by atoms with E-state index in [1.54, 1.807) is 11.1 Å². The van der Waals surface area contributed by atoms with E-state index >= 15 is 0 Å². The van der Waals surface area contributed by atoms with Crippen molar-refractivity contribution in [3.05, 3.63) is 41.6 Å². The van der Waals surface area contributed by atoms with Crippen LogP contribution in [-0.2, 0) is 15.6 Å². The molecular weight excluding hydrogens is 426 g/mol. The average Bonchev–Trinajstić information content (AvgIpc) is 2.76. The number of fused-ring (bicyclic) bond motifs is 1. The molecule has 2 aromatic rings. The quantitative estimate of drug-likeness (QED) is 0.534. The maximum atomic E-state index is 12.3. The molecule has 2 heterocycles. The van der Waals surface area contributed by atoms with Crippen LogP contribution >= 0.6 is 0 Å². The summed E-state index contributed by atoms with van der Waals surface area (Å²) in [6.07, 6.45) is 5.39. The van der Waals surface area contributed by atoms with Gasteiger partial charge >= 0.3 is 6.09 Å². The van der Waals surface area contributed by atoms with Gasteiger partial charge in [-0.2, -0.15) is 4.98 Å². The van der Waals surface area contributed by atoms with Gasteiger partial charge in [0.2, 0.25) is 5.88 Å². The van der Waals surface area contributed by atoms with Crippen LogP contribution in [-0.4, -0.2) is 45.8 Å². The number of ether oxygens (including phenoxy) is 2. The SMILES string of the molecule is CC(C)(C)OC(=O)N1CCC(Oc2ccnc(-c3ccc4c(c3)C(C)(C)CCC4(C)C)n2)CC1. The van der Waals surface area contributed by atoms with Crippen LogP contribution in [0.1, 0.15) is 85.3 Å². The van der Waals surface area contributed by atoms with Gasteiger partial charge in [0.25, 0.3) is 0 Å². The molecular formula is C28H39N3O3. The normalized spacial score (nSPS) is 19.9. The number of likely N-dealkylation sites (tertiary alicyclic amines) is 1. The summed E-state index contributed by atoms with van der Waals surface area (Å²) in [7, 11) is 0. The highest BCUT2D eigenvalue weighted by Gasteiger charge is 2.37. The zero-order valence-corrected chi connectivity index (χ0v) is 21.8. The van der Waals surface area contributed by atoms with Gasteiger partial charge in [0.15, 0.2) is 5.82 Å². The van der Waals surface area contributed by atoms with Crippen molar-refractivity contribution in [2.45, 2.75) is 96.7 Å². The lowest BCUT2D eigenvalue weighted by Crippen LogP contribution is -2.44. The first kappa shape index (κ1) is 24.5. The Labute approximate surface area is 204 Å². The summed E-state index contributed by atoms with van der Waals surface area (Å²) < 4.78 is 11.7. The molecule has 0 bridgehead atoms. The Morgan fingerprint density at radius 2 is 1.65 bits per heavy atom. The maximum Gasteiger partial charge on any atom is 0.410 e. The van der Waals surface area contributed by atoms with E-state index < -0.39 is 5.60 Å². The van der Waals surface area contributed by atoms with Crippen molar-refractivity contribution < 1.29 is 14.3 Å². The molecule has 0 atom stereocenters. The molecule has 6 heteroatoms. The van der Waals surface area contributed by atoms with E-state index in [2.05, 4.69) is 50.9 Å². The molecule has 0 unspecified atom stereocenters. The van der Waals surface area contributed by atoms with Gasteiger partial charge in [0.05, 0.1) is 0 Å². The molecule has 1 aromatic heterocycles. The summed E-state index contributed by atoms with van der Waals surface area (Å²) in [5.41, 5.74) is 3.68. The van der Waals surface area contributed by atoms with E-state index in [4.69, 9.17) is 14.5 Å². The Morgan fingerprint density at radius 3 is 2.29 bits per heavy atom. The molecule has 1 aliphatic heterocycles. The van der Waals surface area contributed by atoms with Gasteiger partial charge < -0.3 is 14.4 Å². The van der Waals surface area contributed by atoms with Crippen LogP contribution in [0.2, 0.25) is 0 Å². The standard InChI is InChI=1S/C28H39N3O3/c1-26(2,3)34-25(32)31-16-11-20(12-17-31)33-23-10-15-29-24(30-23)19-8-9-21-22(18-19)28(6,7)14-13-27(21,4)5/h8-10,15,18,20H,11-14,16-17H2,1-7H3. The largest absolute Gasteiger partial charge is 0.474 e. The fourth-order valence-electron chi connectivity index (χ4n) is 4.93. The van der Waals surface area contributed by atoms with E-state index in [0.717, 1.165) is 18.4 Å². The molecule has 184 valence electrons. The lowest BCUT2D eigenvalue weighted by Gasteiger charge is -2.42. The molecule has 2 aliphatic rings. The second-order valence-electron chi connectivity index (χ2n) is 12.0. The third kappa shape index (κ3) is 5.37. The van der Waals surface area contributed by atoms with Gasteiger partial charge in [0, 0.05) is 43.8 Å². The molecule has 34 heavy (non-hydrogen) atoms. The zero-order valence-electron chi connectivity index (χ0n) is 21.8. The number of rotatable bonds is 3. The van der Waals surface area contributed by atoms with Crippen molar-refractivity contribution >= 4 is 6.09 Å². The molecule has 1 aromatic carbocycles. The number of piperidine rings is 1. The van der Waals surface area contributed by atoms with Crippen LogP contribution in [0.15, 0.2) is 30.5 Å². The monoisotopic (exact) mass is 465 g/mol. The van der Waals surface area contributed by atoms with Crippen molar-refractivity contribution in [3.63, 3.8) is 0 Å². The first-order valence-electron chi connectivity index (χ1n) is 12.5. The van der Waals surface area contributed by atoms with Gasteiger partial charge in [0.1, 0.15) is 11.7 Å². The number of hydrogen-bond donors (Lipinski definition) is 0. The number of benzene rings is 1. The first-order chi connectivity index (χ1) is 15.8. The summed E-state index contributed by atoms with van der Waals surface area (Å²) in [4.78, 5) is 23.3. The zero-order chi connectivity index (χ0) is 24.7. The summed E-state index contributed by atoms with van der Waals surface area (Å²) in [5.74, 6) is 1.27. The predicted molar refractivity (Wildman–Crippen MR) is 134 cm³/mol. The van der Waals surface area contributed by atoms with E-state index in [9.17, 15) is 4.79 Å². The van der Waals surface area contributed by atoms with E-state index in [0.29, 0.717) is 24.8 Å². The Bertz CT molecular complexity index is 1050. The smallest absolute Gasteiger partial charge is 0.410 e. The van der Waals surface area contributed by atoms with Crippen molar-refractivity contribution in [2.75, 3.05) is 13.1 Å². The molecule has 1 aliphatic carbocycles. The van der Waals surface area contributed by atoms with Gasteiger partial charge in [-0.05, 0) is 61.6 Å². The molecule has 0 radical (unpaired) electrons. The topological polar surface area (TPSA) is 64.5 Å². The highest BCUT2D eigenvalue weighted by Crippen LogP contribution is 2.46. The van der Waals surface area contributed by atoms with Crippen LogP contribution in [0.5, 0.6) is 5.88 Å². The maximum absolute atomic E-state index is 12.3. The van der Waals surface area contributed by atoms with Gasteiger partial charge in [-0.25, -0.2) is 9.78 Å². The van der Waals surface area contributed by atoms with Crippen LogP contribution < -0.4 is 4.74 Å². The molecule has 1 saturated heterocycles. The Balaban J connectivity index is 1.45. The molecule has 0 spiro atoms. The molecule has 4 rings (SSSR count). The van der Waals surface area contributed by atoms with Crippen LogP contribution in [0.25, 0.3) is 11.4 Å². The van der Waals surface area contributed by atoms with Gasteiger partial charge in [-0.3, -0.25) is 0 Å². The van der Waals surface area contributed by atoms with E-state index in [1.807, 2.05) is 26.8 Å². The lowest BCUT2D eigenvalue weighted by atomic mass is 9.63. The van der Waals surface area contributed by atoms with Crippen molar-refractivity contribution in [3.8, 4) is 17.3 Å². The van der Waals surface area contributed by atoms with Crippen LogP contribution in [0.4, 0.5) is 4.79 Å². The minimum absolute atomic E-state index is 0.0182. The van der Waals surface area contributed by atoms with Gasteiger partial charge in [-0.1, -0.05) is 39.8 Å². The molecule has 1 amide bonds. The third-order valence-corrected chi connectivity index (χ3v) is 7.12. The Hall–Kier alpha value is -2.63. The third-order valence-electron chi connectivity index (χ3n) is 7.12. The number of amides is 1. The summed E-state index contributed by atoms with van der Waals surface area (Å²) in [5, 5.41) is 0. The molecule has 0 N–H and O–H groups in total. The summed E-state index contributed by atoms with van der Waals surface area (Å²) in [6.45, 7) is 16.2. The van der Waals surface area contributed by atoms with Crippen molar-refractivity contribution in [1.29, 1.82) is 0 Å². The van der Waals surface area contributed by atoms with Crippen LogP contribution in [0.3, 0.4) is 0 Å². The number of hydrogen-bond acceptors (Lipinski definition) is 5.